The Morgan fingerprint density at radius 3 is 2.64 bits per heavy atom. The molecule has 1 N–H and O–H groups in total. The molecule has 0 unspecified atom stereocenters. The lowest BCUT2D eigenvalue weighted by atomic mass is 9.45. The molecular formula is C19H28O3. The Labute approximate surface area is 132 Å². The van der Waals surface area contributed by atoms with Crippen LogP contribution in [0.25, 0.3) is 0 Å². The second-order valence-corrected chi connectivity index (χ2v) is 8.98. The molecule has 4 aliphatic rings. The first-order valence-electron chi connectivity index (χ1n) is 9.10. The smallest absolute Gasteiger partial charge is 0.139 e. The molecule has 22 heavy (non-hydrogen) atoms. The monoisotopic (exact) mass is 304 g/mol. The van der Waals surface area contributed by atoms with Crippen molar-refractivity contribution in [2.24, 2.45) is 34.5 Å². The van der Waals surface area contributed by atoms with E-state index in [0.29, 0.717) is 42.2 Å². The van der Waals surface area contributed by atoms with E-state index in [0.717, 1.165) is 38.5 Å². The standard InChI is InChI=1S/C19H28O3/c1-18-8-7-12(20)9-11(18)3-4-13-14-5-6-16(22)19(14,2)10-15(21)17(13)18/h11-14,17,20H,3-10H2,1-2H3/t11-,12+,13+,14+,17-,18-,19+/m0/s1. The van der Waals surface area contributed by atoms with E-state index >= 15 is 0 Å². The number of hydrogen-bond donors (Lipinski definition) is 1. The summed E-state index contributed by atoms with van der Waals surface area (Å²) in [7, 11) is 0. The summed E-state index contributed by atoms with van der Waals surface area (Å²) in [4.78, 5) is 25.4. The fourth-order valence-corrected chi connectivity index (χ4v) is 6.83. The van der Waals surface area contributed by atoms with Gasteiger partial charge in [-0.2, -0.15) is 0 Å². The topological polar surface area (TPSA) is 54.4 Å². The number of rotatable bonds is 0. The number of aliphatic hydroxyl groups excluding tert-OH is 1. The first-order valence-corrected chi connectivity index (χ1v) is 9.10. The quantitative estimate of drug-likeness (QED) is 0.748. The van der Waals surface area contributed by atoms with Gasteiger partial charge in [-0.05, 0) is 61.7 Å². The highest BCUT2D eigenvalue weighted by Crippen LogP contribution is 2.64. The van der Waals surface area contributed by atoms with Gasteiger partial charge >= 0.3 is 0 Å². The zero-order valence-electron chi connectivity index (χ0n) is 13.8. The van der Waals surface area contributed by atoms with Gasteiger partial charge in [-0.25, -0.2) is 0 Å². The van der Waals surface area contributed by atoms with Crippen molar-refractivity contribution in [1.29, 1.82) is 0 Å². The van der Waals surface area contributed by atoms with E-state index in [1.54, 1.807) is 0 Å². The highest BCUT2D eigenvalue weighted by molar-refractivity contribution is 5.95. The largest absolute Gasteiger partial charge is 0.393 e. The predicted molar refractivity (Wildman–Crippen MR) is 83.1 cm³/mol. The lowest BCUT2D eigenvalue weighted by molar-refractivity contribution is -0.162. The van der Waals surface area contributed by atoms with Crippen LogP contribution in [0.5, 0.6) is 0 Å². The second kappa shape index (κ2) is 4.66. The summed E-state index contributed by atoms with van der Waals surface area (Å²) in [5, 5.41) is 10.0. The fourth-order valence-electron chi connectivity index (χ4n) is 6.83. The molecule has 0 radical (unpaired) electrons. The normalized spacial score (nSPS) is 54.6. The van der Waals surface area contributed by atoms with Crippen LogP contribution in [0.3, 0.4) is 0 Å². The average molecular weight is 304 g/mol. The van der Waals surface area contributed by atoms with Crippen LogP contribution in [0.4, 0.5) is 0 Å². The predicted octanol–water partition coefficient (Wildman–Crippen LogP) is 3.14. The summed E-state index contributed by atoms with van der Waals surface area (Å²) in [5.41, 5.74) is -0.304. The number of fused-ring (bicyclic) bond motifs is 5. The van der Waals surface area contributed by atoms with E-state index < -0.39 is 0 Å². The molecule has 0 aliphatic heterocycles. The highest BCUT2D eigenvalue weighted by Gasteiger charge is 2.63. The summed E-state index contributed by atoms with van der Waals surface area (Å²) in [5.74, 6) is 2.14. The Morgan fingerprint density at radius 1 is 1.09 bits per heavy atom. The van der Waals surface area contributed by atoms with Crippen molar-refractivity contribution in [3.05, 3.63) is 0 Å². The Hall–Kier alpha value is -0.700. The maximum absolute atomic E-state index is 13.0. The van der Waals surface area contributed by atoms with Crippen molar-refractivity contribution in [1.82, 2.24) is 0 Å². The van der Waals surface area contributed by atoms with Crippen molar-refractivity contribution in [2.45, 2.75) is 71.3 Å². The SMILES string of the molecule is C[C@]12CC[C@@H](O)C[C@@H]1CC[C@H]1[C@H]2C(=O)C[C@@]2(C)C(=O)CC[C@H]12. The maximum Gasteiger partial charge on any atom is 0.139 e. The molecule has 0 spiro atoms. The summed E-state index contributed by atoms with van der Waals surface area (Å²) in [6, 6.07) is 0. The number of Topliss-reactive ketones (excluding diaryl/α,β-unsaturated/α-hetero) is 2. The number of carbonyl (C=O) groups excluding carboxylic acids is 2. The molecule has 4 fully saturated rings. The molecule has 0 bridgehead atoms. The van der Waals surface area contributed by atoms with Crippen LogP contribution in [0.15, 0.2) is 0 Å². The molecule has 4 saturated carbocycles. The summed E-state index contributed by atoms with van der Waals surface area (Å²) >= 11 is 0. The van der Waals surface area contributed by atoms with Crippen molar-refractivity contribution < 1.29 is 14.7 Å². The zero-order chi connectivity index (χ0) is 15.7. The molecule has 4 aliphatic carbocycles. The average Bonchev–Trinajstić information content (AvgIpc) is 2.75. The van der Waals surface area contributed by atoms with Gasteiger partial charge in [-0.1, -0.05) is 13.8 Å². The minimum Gasteiger partial charge on any atom is -0.393 e. The maximum atomic E-state index is 13.0. The molecule has 0 aromatic rings. The molecule has 0 saturated heterocycles. The van der Waals surface area contributed by atoms with Crippen LogP contribution in [0.2, 0.25) is 0 Å². The van der Waals surface area contributed by atoms with Gasteiger partial charge in [0.2, 0.25) is 0 Å². The summed E-state index contributed by atoms with van der Waals surface area (Å²) in [6.07, 6.45) is 6.86. The van der Waals surface area contributed by atoms with Gasteiger partial charge in [-0.15, -0.1) is 0 Å². The number of hydrogen-bond acceptors (Lipinski definition) is 3. The lowest BCUT2D eigenvalue weighted by Crippen LogP contribution is -2.57. The molecule has 3 heteroatoms. The van der Waals surface area contributed by atoms with E-state index in [-0.39, 0.29) is 22.9 Å². The second-order valence-electron chi connectivity index (χ2n) is 8.98. The van der Waals surface area contributed by atoms with Crippen molar-refractivity contribution >= 4 is 11.6 Å². The minimum atomic E-state index is -0.365. The fraction of sp³-hybridized carbons (Fsp3) is 0.895. The van der Waals surface area contributed by atoms with Crippen LogP contribution in [-0.4, -0.2) is 22.8 Å². The van der Waals surface area contributed by atoms with Gasteiger partial charge in [0.15, 0.2) is 0 Å². The van der Waals surface area contributed by atoms with Gasteiger partial charge < -0.3 is 5.11 Å². The molecule has 0 aromatic heterocycles. The number of ketones is 2. The Balaban J connectivity index is 1.71. The Kier molecular flexibility index (Phi) is 3.15. The van der Waals surface area contributed by atoms with E-state index in [2.05, 4.69) is 13.8 Å². The van der Waals surface area contributed by atoms with Crippen LogP contribution in [0, 0.1) is 34.5 Å². The highest BCUT2D eigenvalue weighted by atomic mass is 16.3. The van der Waals surface area contributed by atoms with Gasteiger partial charge in [0.05, 0.1) is 6.10 Å². The Morgan fingerprint density at radius 2 is 1.86 bits per heavy atom. The molecule has 3 nitrogen and oxygen atoms in total. The molecule has 0 heterocycles. The molecule has 0 amide bonds. The van der Waals surface area contributed by atoms with Gasteiger partial charge in [0.1, 0.15) is 11.6 Å². The third-order valence-electron chi connectivity index (χ3n) is 8.04. The van der Waals surface area contributed by atoms with E-state index in [9.17, 15) is 14.7 Å². The zero-order valence-corrected chi connectivity index (χ0v) is 13.8. The van der Waals surface area contributed by atoms with Gasteiger partial charge in [0, 0.05) is 24.2 Å². The molecular weight excluding hydrogens is 276 g/mol. The van der Waals surface area contributed by atoms with Crippen molar-refractivity contribution in [3.8, 4) is 0 Å². The number of aliphatic hydroxyl groups is 1. The van der Waals surface area contributed by atoms with E-state index in [1.165, 1.54) is 0 Å². The van der Waals surface area contributed by atoms with Gasteiger partial charge in [0.25, 0.3) is 0 Å². The van der Waals surface area contributed by atoms with E-state index in [1.807, 2.05) is 0 Å². The Bertz CT molecular complexity index is 527. The minimum absolute atomic E-state index is 0.0617. The van der Waals surface area contributed by atoms with Gasteiger partial charge in [-0.3, -0.25) is 9.59 Å². The lowest BCUT2D eigenvalue weighted by Gasteiger charge is -2.58. The van der Waals surface area contributed by atoms with Crippen LogP contribution in [0.1, 0.15) is 65.2 Å². The van der Waals surface area contributed by atoms with E-state index in [4.69, 9.17) is 0 Å². The molecule has 122 valence electrons. The van der Waals surface area contributed by atoms with Crippen LogP contribution < -0.4 is 0 Å². The summed E-state index contributed by atoms with van der Waals surface area (Å²) in [6.45, 7) is 4.36. The third kappa shape index (κ3) is 1.78. The number of carbonyl (C=O) groups is 2. The third-order valence-corrected chi connectivity index (χ3v) is 8.04. The van der Waals surface area contributed by atoms with Crippen molar-refractivity contribution in [3.63, 3.8) is 0 Å². The molecule has 4 rings (SSSR count). The first kappa shape index (κ1) is 14.9. The van der Waals surface area contributed by atoms with Crippen molar-refractivity contribution in [2.75, 3.05) is 0 Å². The first-order chi connectivity index (χ1) is 10.4. The van der Waals surface area contributed by atoms with Crippen LogP contribution in [-0.2, 0) is 9.59 Å². The molecule has 7 atom stereocenters. The van der Waals surface area contributed by atoms with Crippen LogP contribution >= 0.6 is 0 Å². The molecule has 0 aromatic carbocycles. The summed E-state index contributed by atoms with van der Waals surface area (Å²) < 4.78 is 0.